The Labute approximate surface area is 149 Å². The highest BCUT2D eigenvalue weighted by Gasteiger charge is 2.15. The molecule has 0 fully saturated rings. The van der Waals surface area contributed by atoms with Crippen LogP contribution >= 0.6 is 40.2 Å². The Balaban J connectivity index is 0.00000242. The summed E-state index contributed by atoms with van der Waals surface area (Å²) in [5.74, 6) is -0.218. The van der Waals surface area contributed by atoms with Gasteiger partial charge in [-0.2, -0.15) is 0 Å². The molecule has 1 heterocycles. The van der Waals surface area contributed by atoms with Gasteiger partial charge in [0.1, 0.15) is 5.52 Å². The van der Waals surface area contributed by atoms with Gasteiger partial charge in [0.05, 0.1) is 21.8 Å². The number of phenols is 1. The number of fused-ring (bicyclic) bond motifs is 1. The second-order valence-electron chi connectivity index (χ2n) is 4.68. The molecule has 0 radical (unpaired) electrons. The smallest absolute Gasteiger partial charge is 0.262 e. The minimum absolute atomic E-state index is 0. The van der Waals surface area contributed by atoms with Crippen LogP contribution in [0.3, 0.4) is 0 Å². The Hall–Kier alpha value is -0.820. The van der Waals surface area contributed by atoms with Crippen LogP contribution in [0.2, 0.25) is 10.0 Å². The molecule has 0 aliphatic heterocycles. The number of hydrogen-bond acceptors (Lipinski definition) is 4. The number of rotatable bonds is 5. The van der Waals surface area contributed by atoms with E-state index in [0.29, 0.717) is 6.54 Å². The van der Waals surface area contributed by atoms with Crippen molar-refractivity contribution in [3.05, 3.63) is 32.8 Å². The van der Waals surface area contributed by atoms with E-state index in [9.17, 15) is 9.90 Å². The Morgan fingerprint density at radius 1 is 1.27 bits per heavy atom. The SMILES string of the molecule is Br.CCN(CC)CCn1cnc2c(O)c(Cl)cc(Cl)c2c1=O. The standard InChI is InChI=1S/C14H17Cl2N3O2.BrH/c1-3-18(4-2)5-6-19-8-17-12-11(14(19)21)9(15)7-10(16)13(12)20;/h7-8,20H,3-6H2,1-2H3;1H. The number of aromatic hydroxyl groups is 1. The van der Waals surface area contributed by atoms with Crippen LogP contribution in [0.4, 0.5) is 0 Å². The van der Waals surface area contributed by atoms with Crippen LogP contribution in [0, 0.1) is 0 Å². The lowest BCUT2D eigenvalue weighted by molar-refractivity contribution is 0.289. The van der Waals surface area contributed by atoms with E-state index in [0.717, 1.165) is 19.6 Å². The molecule has 1 aromatic carbocycles. The highest BCUT2D eigenvalue weighted by molar-refractivity contribution is 8.93. The van der Waals surface area contributed by atoms with Crippen LogP contribution < -0.4 is 5.56 Å². The first-order valence-electron chi connectivity index (χ1n) is 6.78. The fraction of sp³-hybridized carbons (Fsp3) is 0.429. The van der Waals surface area contributed by atoms with Crippen LogP contribution in [0.15, 0.2) is 17.2 Å². The first-order valence-corrected chi connectivity index (χ1v) is 7.53. The fourth-order valence-corrected chi connectivity index (χ4v) is 2.73. The average Bonchev–Trinajstić information content (AvgIpc) is 2.47. The number of hydrogen-bond donors (Lipinski definition) is 1. The number of halogens is 3. The maximum absolute atomic E-state index is 12.5. The number of benzene rings is 1. The van der Waals surface area contributed by atoms with E-state index in [1.165, 1.54) is 17.0 Å². The molecule has 0 atom stereocenters. The summed E-state index contributed by atoms with van der Waals surface area (Å²) in [4.78, 5) is 18.8. The third-order valence-corrected chi connectivity index (χ3v) is 4.12. The quantitative estimate of drug-likeness (QED) is 0.821. The summed E-state index contributed by atoms with van der Waals surface area (Å²) in [6.07, 6.45) is 1.42. The largest absolute Gasteiger partial charge is 0.504 e. The van der Waals surface area contributed by atoms with Crippen LogP contribution in [0.25, 0.3) is 10.9 Å². The maximum Gasteiger partial charge on any atom is 0.262 e. The van der Waals surface area contributed by atoms with Gasteiger partial charge in [0.2, 0.25) is 0 Å². The molecular weight excluding hydrogens is 393 g/mol. The zero-order valence-electron chi connectivity index (χ0n) is 12.3. The number of phenolic OH excluding ortho intramolecular Hbond substituents is 1. The molecular formula is C14H18BrCl2N3O2. The van der Waals surface area contributed by atoms with Crippen molar-refractivity contribution in [3.63, 3.8) is 0 Å². The summed E-state index contributed by atoms with van der Waals surface area (Å²) in [6, 6.07) is 1.36. The molecule has 122 valence electrons. The fourth-order valence-electron chi connectivity index (χ4n) is 2.20. The van der Waals surface area contributed by atoms with Crippen molar-refractivity contribution < 1.29 is 5.11 Å². The molecule has 0 bridgehead atoms. The van der Waals surface area contributed by atoms with E-state index in [1.807, 2.05) is 0 Å². The number of nitrogens with zero attached hydrogens (tertiary/aromatic N) is 3. The highest BCUT2D eigenvalue weighted by Crippen LogP contribution is 2.34. The van der Waals surface area contributed by atoms with E-state index in [1.54, 1.807) is 0 Å². The highest BCUT2D eigenvalue weighted by atomic mass is 79.9. The van der Waals surface area contributed by atoms with Gasteiger partial charge in [0.25, 0.3) is 5.56 Å². The summed E-state index contributed by atoms with van der Waals surface area (Å²) in [5.41, 5.74) is -0.138. The van der Waals surface area contributed by atoms with E-state index in [2.05, 4.69) is 23.7 Å². The molecule has 5 nitrogen and oxygen atoms in total. The maximum atomic E-state index is 12.5. The molecule has 0 unspecified atom stereocenters. The third-order valence-electron chi connectivity index (χ3n) is 3.53. The minimum Gasteiger partial charge on any atom is -0.504 e. The first kappa shape index (κ1) is 19.2. The monoisotopic (exact) mass is 409 g/mol. The molecule has 2 rings (SSSR count). The van der Waals surface area contributed by atoms with Crippen LogP contribution in [-0.4, -0.2) is 39.2 Å². The Kier molecular flexibility index (Phi) is 7.12. The zero-order valence-corrected chi connectivity index (χ0v) is 15.6. The van der Waals surface area contributed by atoms with Crippen LogP contribution in [0.1, 0.15) is 13.8 Å². The molecule has 1 aromatic heterocycles. The second kappa shape index (κ2) is 8.15. The second-order valence-corrected chi connectivity index (χ2v) is 5.50. The van der Waals surface area contributed by atoms with Gasteiger partial charge in [-0.1, -0.05) is 37.0 Å². The van der Waals surface area contributed by atoms with Gasteiger partial charge in [-0.3, -0.25) is 9.36 Å². The van der Waals surface area contributed by atoms with Crippen molar-refractivity contribution in [2.45, 2.75) is 20.4 Å². The predicted molar refractivity (Wildman–Crippen MR) is 95.8 cm³/mol. The van der Waals surface area contributed by atoms with Gasteiger partial charge >= 0.3 is 0 Å². The lowest BCUT2D eigenvalue weighted by Crippen LogP contribution is -2.31. The average molecular weight is 411 g/mol. The van der Waals surface area contributed by atoms with Gasteiger partial charge in [-0.05, 0) is 19.2 Å². The van der Waals surface area contributed by atoms with E-state index >= 15 is 0 Å². The summed E-state index contributed by atoms with van der Waals surface area (Å²) >= 11 is 11.9. The van der Waals surface area contributed by atoms with Crippen molar-refractivity contribution in [1.82, 2.24) is 14.5 Å². The minimum atomic E-state index is -0.274. The van der Waals surface area contributed by atoms with Gasteiger partial charge in [-0.25, -0.2) is 4.98 Å². The van der Waals surface area contributed by atoms with Crippen LogP contribution in [-0.2, 0) is 6.54 Å². The van der Waals surface area contributed by atoms with Crippen molar-refractivity contribution in [1.29, 1.82) is 0 Å². The predicted octanol–water partition coefficient (Wildman–Crippen LogP) is 3.33. The molecule has 0 aliphatic carbocycles. The normalized spacial score (nSPS) is 11.0. The van der Waals surface area contributed by atoms with Crippen molar-refractivity contribution in [2.24, 2.45) is 0 Å². The van der Waals surface area contributed by atoms with Gasteiger partial charge in [-0.15, -0.1) is 17.0 Å². The molecule has 22 heavy (non-hydrogen) atoms. The topological polar surface area (TPSA) is 58.4 Å². The van der Waals surface area contributed by atoms with E-state index in [4.69, 9.17) is 23.2 Å². The Morgan fingerprint density at radius 2 is 1.91 bits per heavy atom. The molecule has 0 aliphatic rings. The molecule has 0 saturated carbocycles. The first-order chi connectivity index (χ1) is 9.99. The molecule has 8 heteroatoms. The summed E-state index contributed by atoms with van der Waals surface area (Å²) < 4.78 is 1.50. The van der Waals surface area contributed by atoms with Crippen molar-refractivity contribution >= 4 is 51.1 Å². The van der Waals surface area contributed by atoms with E-state index < -0.39 is 0 Å². The Morgan fingerprint density at radius 3 is 2.50 bits per heavy atom. The molecule has 1 N–H and O–H groups in total. The molecule has 0 saturated heterocycles. The van der Waals surface area contributed by atoms with Crippen molar-refractivity contribution in [2.75, 3.05) is 19.6 Å². The van der Waals surface area contributed by atoms with Crippen molar-refractivity contribution in [3.8, 4) is 5.75 Å². The van der Waals surface area contributed by atoms with E-state index in [-0.39, 0.29) is 49.2 Å². The van der Waals surface area contributed by atoms with Crippen LogP contribution in [0.5, 0.6) is 5.75 Å². The number of likely N-dealkylation sites (N-methyl/N-ethyl adjacent to an activating group) is 1. The van der Waals surface area contributed by atoms with Gasteiger partial charge in [0, 0.05) is 13.1 Å². The molecule has 0 amide bonds. The van der Waals surface area contributed by atoms with Gasteiger partial charge in [0.15, 0.2) is 5.75 Å². The molecule has 0 spiro atoms. The molecule has 2 aromatic rings. The number of aromatic nitrogens is 2. The lowest BCUT2D eigenvalue weighted by atomic mass is 10.2. The third kappa shape index (κ3) is 3.74. The summed E-state index contributed by atoms with van der Waals surface area (Å²) in [7, 11) is 0. The lowest BCUT2D eigenvalue weighted by Gasteiger charge is -2.18. The Bertz CT molecular complexity index is 717. The van der Waals surface area contributed by atoms with Gasteiger partial charge < -0.3 is 10.0 Å². The summed E-state index contributed by atoms with van der Waals surface area (Å²) in [5, 5.41) is 10.4. The zero-order chi connectivity index (χ0) is 15.6. The summed E-state index contributed by atoms with van der Waals surface area (Å²) in [6.45, 7) is 7.25.